The number of carbonyl (C=O) groups is 1. The normalized spacial score (nSPS) is 15.8. The van der Waals surface area contributed by atoms with Crippen molar-refractivity contribution in [3.8, 4) is 10.6 Å². The van der Waals surface area contributed by atoms with E-state index in [2.05, 4.69) is 5.38 Å². The van der Waals surface area contributed by atoms with Gasteiger partial charge in [-0.3, -0.25) is 0 Å². The Morgan fingerprint density at radius 2 is 1.89 bits per heavy atom. The average Bonchev–Trinajstić information content (AvgIpc) is 3.10. The summed E-state index contributed by atoms with van der Waals surface area (Å²) in [4.78, 5) is 15.5. The van der Waals surface area contributed by atoms with Crippen LogP contribution in [0.3, 0.4) is 0 Å². The Labute approximate surface area is 115 Å². The van der Waals surface area contributed by atoms with Gasteiger partial charge in [-0.1, -0.05) is 25.0 Å². The van der Waals surface area contributed by atoms with Crippen molar-refractivity contribution in [1.29, 1.82) is 0 Å². The Hall–Kier alpha value is -1.68. The van der Waals surface area contributed by atoms with E-state index in [9.17, 15) is 4.79 Å². The molecule has 1 heterocycles. The van der Waals surface area contributed by atoms with Gasteiger partial charge in [-0.15, -0.1) is 11.3 Å². The molecule has 0 unspecified atom stereocenters. The first kappa shape index (κ1) is 12.4. The van der Waals surface area contributed by atoms with Crippen LogP contribution in [0.1, 0.15) is 47.7 Å². The second-order valence-electron chi connectivity index (χ2n) is 4.94. The number of nitrogens with zero attached hydrogens (tertiary/aromatic N) is 1. The van der Waals surface area contributed by atoms with E-state index in [4.69, 9.17) is 10.1 Å². The predicted octanol–water partition coefficient (Wildman–Crippen LogP) is 4.17. The molecular weight excluding hydrogens is 258 g/mol. The molecule has 19 heavy (non-hydrogen) atoms. The van der Waals surface area contributed by atoms with E-state index in [0.29, 0.717) is 11.5 Å². The summed E-state index contributed by atoms with van der Waals surface area (Å²) in [6.45, 7) is 0. The maximum absolute atomic E-state index is 10.8. The second kappa shape index (κ2) is 5.13. The minimum absolute atomic E-state index is 0.316. The number of benzene rings is 1. The van der Waals surface area contributed by atoms with Gasteiger partial charge in [-0.25, -0.2) is 9.78 Å². The highest BCUT2D eigenvalue weighted by Crippen LogP contribution is 2.36. The quantitative estimate of drug-likeness (QED) is 0.913. The van der Waals surface area contributed by atoms with Crippen molar-refractivity contribution >= 4 is 17.3 Å². The van der Waals surface area contributed by atoms with Crippen molar-refractivity contribution in [2.45, 2.75) is 31.6 Å². The molecule has 0 spiro atoms. The van der Waals surface area contributed by atoms with Gasteiger partial charge in [0, 0.05) is 16.9 Å². The minimum atomic E-state index is -0.891. The van der Waals surface area contributed by atoms with Crippen LogP contribution in [0.2, 0.25) is 0 Å². The molecule has 3 rings (SSSR count). The lowest BCUT2D eigenvalue weighted by atomic mass is 10.1. The zero-order valence-corrected chi connectivity index (χ0v) is 11.3. The maximum Gasteiger partial charge on any atom is 0.335 e. The smallest absolute Gasteiger partial charge is 0.335 e. The number of hydrogen-bond donors (Lipinski definition) is 1. The van der Waals surface area contributed by atoms with E-state index in [1.165, 1.54) is 31.4 Å². The zero-order valence-electron chi connectivity index (χ0n) is 10.5. The summed E-state index contributed by atoms with van der Waals surface area (Å²) < 4.78 is 0. The Morgan fingerprint density at radius 3 is 2.53 bits per heavy atom. The van der Waals surface area contributed by atoms with Gasteiger partial charge in [0.2, 0.25) is 0 Å². The topological polar surface area (TPSA) is 50.2 Å². The lowest BCUT2D eigenvalue weighted by Crippen LogP contribution is -1.95. The van der Waals surface area contributed by atoms with Gasteiger partial charge in [0.1, 0.15) is 5.01 Å². The number of carboxylic acid groups (broad SMARTS) is 1. The molecule has 4 heteroatoms. The highest BCUT2D eigenvalue weighted by atomic mass is 32.1. The van der Waals surface area contributed by atoms with Gasteiger partial charge in [0.25, 0.3) is 0 Å². The second-order valence-corrected chi connectivity index (χ2v) is 5.80. The van der Waals surface area contributed by atoms with Crippen LogP contribution in [0.4, 0.5) is 0 Å². The third-order valence-corrected chi connectivity index (χ3v) is 4.58. The highest BCUT2D eigenvalue weighted by molar-refractivity contribution is 7.13. The summed E-state index contributed by atoms with van der Waals surface area (Å²) in [5.74, 6) is -0.263. The van der Waals surface area contributed by atoms with Gasteiger partial charge in [-0.2, -0.15) is 0 Å². The van der Waals surface area contributed by atoms with Crippen molar-refractivity contribution in [3.05, 3.63) is 40.9 Å². The molecule has 0 saturated heterocycles. The molecule has 0 bridgehead atoms. The summed E-state index contributed by atoms with van der Waals surface area (Å²) in [5, 5.41) is 12.0. The zero-order chi connectivity index (χ0) is 13.2. The number of aromatic nitrogens is 1. The number of rotatable bonds is 3. The average molecular weight is 273 g/mol. The SMILES string of the molecule is O=C(O)c1ccc(-c2nc(C3CCCC3)cs2)cc1. The summed E-state index contributed by atoms with van der Waals surface area (Å²) in [6.07, 6.45) is 5.12. The third kappa shape index (κ3) is 2.54. The summed E-state index contributed by atoms with van der Waals surface area (Å²) >= 11 is 1.65. The van der Waals surface area contributed by atoms with Crippen LogP contribution in [0, 0.1) is 0 Å². The van der Waals surface area contributed by atoms with Crippen LogP contribution in [-0.4, -0.2) is 16.1 Å². The molecule has 0 amide bonds. The molecule has 1 saturated carbocycles. The Balaban J connectivity index is 1.83. The van der Waals surface area contributed by atoms with Gasteiger partial charge < -0.3 is 5.11 Å². The first-order valence-corrected chi connectivity index (χ1v) is 7.41. The maximum atomic E-state index is 10.8. The molecule has 0 aliphatic heterocycles. The van der Waals surface area contributed by atoms with Crippen molar-refractivity contribution in [2.24, 2.45) is 0 Å². The predicted molar refractivity (Wildman–Crippen MR) is 75.7 cm³/mol. The Kier molecular flexibility index (Phi) is 3.34. The minimum Gasteiger partial charge on any atom is -0.478 e. The molecule has 2 aromatic rings. The van der Waals surface area contributed by atoms with Gasteiger partial charge in [0.15, 0.2) is 0 Å². The fourth-order valence-corrected chi connectivity index (χ4v) is 3.49. The van der Waals surface area contributed by atoms with E-state index < -0.39 is 5.97 Å². The molecule has 0 atom stereocenters. The molecule has 1 aliphatic rings. The van der Waals surface area contributed by atoms with E-state index in [-0.39, 0.29) is 0 Å². The van der Waals surface area contributed by atoms with E-state index >= 15 is 0 Å². The molecule has 3 nitrogen and oxygen atoms in total. The van der Waals surface area contributed by atoms with Crippen molar-refractivity contribution in [1.82, 2.24) is 4.98 Å². The van der Waals surface area contributed by atoms with Crippen molar-refractivity contribution in [2.75, 3.05) is 0 Å². The molecule has 1 aromatic heterocycles. The Bertz CT molecular complexity index is 582. The monoisotopic (exact) mass is 273 g/mol. The van der Waals surface area contributed by atoms with Crippen molar-refractivity contribution < 1.29 is 9.90 Å². The highest BCUT2D eigenvalue weighted by Gasteiger charge is 2.19. The molecular formula is C15H15NO2S. The first-order valence-electron chi connectivity index (χ1n) is 6.53. The molecule has 98 valence electrons. The van der Waals surface area contributed by atoms with Crippen LogP contribution in [-0.2, 0) is 0 Å². The molecule has 1 N–H and O–H groups in total. The first-order chi connectivity index (χ1) is 9.24. The van der Waals surface area contributed by atoms with E-state index in [1.54, 1.807) is 23.5 Å². The van der Waals surface area contributed by atoms with E-state index in [0.717, 1.165) is 10.6 Å². The van der Waals surface area contributed by atoms with E-state index in [1.807, 2.05) is 12.1 Å². The number of hydrogen-bond acceptors (Lipinski definition) is 3. The molecule has 1 aromatic carbocycles. The van der Waals surface area contributed by atoms with Crippen LogP contribution in [0.25, 0.3) is 10.6 Å². The molecule has 0 radical (unpaired) electrons. The van der Waals surface area contributed by atoms with Gasteiger partial charge in [-0.05, 0) is 25.0 Å². The largest absolute Gasteiger partial charge is 0.478 e. The molecule has 1 fully saturated rings. The van der Waals surface area contributed by atoms with Crippen LogP contribution in [0.15, 0.2) is 29.6 Å². The number of aromatic carboxylic acids is 1. The molecule has 1 aliphatic carbocycles. The van der Waals surface area contributed by atoms with Crippen LogP contribution in [0.5, 0.6) is 0 Å². The number of carboxylic acids is 1. The third-order valence-electron chi connectivity index (χ3n) is 3.67. The van der Waals surface area contributed by atoms with Gasteiger partial charge >= 0.3 is 5.97 Å². The van der Waals surface area contributed by atoms with Gasteiger partial charge in [0.05, 0.1) is 11.3 Å². The van der Waals surface area contributed by atoms with Crippen LogP contribution < -0.4 is 0 Å². The van der Waals surface area contributed by atoms with Crippen molar-refractivity contribution in [3.63, 3.8) is 0 Å². The Morgan fingerprint density at radius 1 is 1.21 bits per heavy atom. The lowest BCUT2D eigenvalue weighted by molar-refractivity contribution is 0.0697. The fraction of sp³-hybridized carbons (Fsp3) is 0.333. The lowest BCUT2D eigenvalue weighted by Gasteiger charge is -2.03. The summed E-state index contributed by atoms with van der Waals surface area (Å²) in [7, 11) is 0. The number of thiazole rings is 1. The summed E-state index contributed by atoms with van der Waals surface area (Å²) in [6, 6.07) is 6.93. The standard InChI is InChI=1S/C15H15NO2S/c17-15(18)12-7-5-11(6-8-12)14-16-13(9-19-14)10-3-1-2-4-10/h5-10H,1-4H2,(H,17,18). The fourth-order valence-electron chi connectivity index (χ4n) is 2.58. The summed E-state index contributed by atoms with van der Waals surface area (Å²) in [5.41, 5.74) is 2.52. The van der Waals surface area contributed by atoms with Crippen LogP contribution >= 0.6 is 11.3 Å².